The maximum absolute atomic E-state index is 13.9. The molecular weight excluding hydrogens is 421 g/mol. The number of pyridine rings is 1. The Labute approximate surface area is 179 Å². The van der Waals surface area contributed by atoms with Crippen LogP contribution in [0.1, 0.15) is 25.7 Å². The van der Waals surface area contributed by atoms with Crippen molar-refractivity contribution in [3.63, 3.8) is 0 Å². The molecule has 0 atom stereocenters. The molecule has 8 nitrogen and oxygen atoms in total. The second kappa shape index (κ2) is 8.07. The monoisotopic (exact) mass is 437 g/mol. The molecule has 0 aliphatic rings. The highest BCUT2D eigenvalue weighted by Crippen LogP contribution is 2.29. The van der Waals surface area contributed by atoms with Crippen LogP contribution < -0.4 is 16.2 Å². The second-order valence-corrected chi connectivity index (χ2v) is 7.71. The van der Waals surface area contributed by atoms with E-state index in [0.717, 1.165) is 17.4 Å². The molecule has 0 spiro atoms. The minimum Gasteiger partial charge on any atom is -0.319 e. The number of carbonyl (C=O) groups is 2. The molecular formula is C21H16FN5O3S. The van der Waals surface area contributed by atoms with E-state index in [4.69, 9.17) is 0 Å². The molecule has 0 radical (unpaired) electrons. The third-order valence-corrected chi connectivity index (χ3v) is 5.79. The summed E-state index contributed by atoms with van der Waals surface area (Å²) < 4.78 is 15.2. The van der Waals surface area contributed by atoms with Crippen LogP contribution in [0, 0.1) is 12.7 Å². The van der Waals surface area contributed by atoms with E-state index >= 15 is 0 Å². The molecule has 156 valence electrons. The number of thiophene rings is 1. The van der Waals surface area contributed by atoms with Crippen LogP contribution in [0.4, 0.5) is 15.8 Å². The number of benzene rings is 1. The van der Waals surface area contributed by atoms with Crippen molar-refractivity contribution in [2.75, 3.05) is 10.6 Å². The van der Waals surface area contributed by atoms with E-state index in [1.165, 1.54) is 35.3 Å². The highest BCUT2D eigenvalue weighted by Gasteiger charge is 2.20. The normalized spacial score (nSPS) is 10.8. The van der Waals surface area contributed by atoms with Crippen molar-refractivity contribution >= 4 is 44.7 Å². The minimum absolute atomic E-state index is 0.0759. The van der Waals surface area contributed by atoms with Crippen LogP contribution in [-0.4, -0.2) is 26.3 Å². The first kappa shape index (κ1) is 20.4. The van der Waals surface area contributed by atoms with Crippen molar-refractivity contribution in [3.8, 4) is 0 Å². The van der Waals surface area contributed by atoms with Gasteiger partial charge < -0.3 is 15.2 Å². The standard InChI is InChI=1S/C21H16FN5O3S/c1-11-16-20(24-10-27(2)21(16)30)31-17(11)19(29)26-15-9-12(22)6-7-13(15)25-18(28)14-5-3-4-8-23-14/h3-10H,1-2H3,(H,25,28)(H,26,29). The number of aryl methyl sites for hydroxylation is 2. The summed E-state index contributed by atoms with van der Waals surface area (Å²) in [5.74, 6) is -1.63. The molecule has 3 heterocycles. The third-order valence-electron chi connectivity index (χ3n) is 4.59. The Morgan fingerprint density at radius 3 is 2.58 bits per heavy atom. The second-order valence-electron chi connectivity index (χ2n) is 6.71. The Bertz CT molecular complexity index is 1380. The molecule has 0 saturated heterocycles. The van der Waals surface area contributed by atoms with Crippen LogP contribution >= 0.6 is 11.3 Å². The van der Waals surface area contributed by atoms with Gasteiger partial charge in [0.1, 0.15) is 16.3 Å². The van der Waals surface area contributed by atoms with Gasteiger partial charge in [-0.15, -0.1) is 11.3 Å². The smallest absolute Gasteiger partial charge is 0.274 e. The summed E-state index contributed by atoms with van der Waals surface area (Å²) >= 11 is 1.07. The summed E-state index contributed by atoms with van der Waals surface area (Å²) in [5.41, 5.74) is 0.685. The largest absolute Gasteiger partial charge is 0.319 e. The number of amides is 2. The average Bonchev–Trinajstić information content (AvgIpc) is 3.10. The number of halogens is 1. The lowest BCUT2D eigenvalue weighted by atomic mass is 10.2. The molecule has 4 rings (SSSR count). The fraction of sp³-hybridized carbons (Fsp3) is 0.0952. The van der Waals surface area contributed by atoms with Gasteiger partial charge in [-0.3, -0.25) is 19.4 Å². The molecule has 0 fully saturated rings. The van der Waals surface area contributed by atoms with E-state index < -0.39 is 17.6 Å². The number of anilines is 2. The van der Waals surface area contributed by atoms with Gasteiger partial charge in [-0.25, -0.2) is 9.37 Å². The number of nitrogens with zero attached hydrogens (tertiary/aromatic N) is 3. The van der Waals surface area contributed by atoms with Crippen molar-refractivity contribution in [2.24, 2.45) is 7.05 Å². The van der Waals surface area contributed by atoms with Crippen molar-refractivity contribution in [3.05, 3.63) is 81.2 Å². The zero-order chi connectivity index (χ0) is 22.1. The van der Waals surface area contributed by atoms with E-state index in [1.807, 2.05) is 0 Å². The van der Waals surface area contributed by atoms with Crippen LogP contribution in [0.2, 0.25) is 0 Å². The topological polar surface area (TPSA) is 106 Å². The maximum Gasteiger partial charge on any atom is 0.274 e. The zero-order valence-corrected chi connectivity index (χ0v) is 17.3. The van der Waals surface area contributed by atoms with Crippen molar-refractivity contribution in [1.82, 2.24) is 14.5 Å². The number of fused-ring (bicyclic) bond motifs is 1. The summed E-state index contributed by atoms with van der Waals surface area (Å²) in [6.45, 7) is 1.66. The molecule has 1 aromatic carbocycles. The van der Waals surface area contributed by atoms with Gasteiger partial charge in [0.15, 0.2) is 0 Å². The molecule has 3 aromatic heterocycles. The van der Waals surface area contributed by atoms with Crippen LogP contribution in [0.25, 0.3) is 10.2 Å². The van der Waals surface area contributed by atoms with Crippen molar-refractivity contribution in [1.29, 1.82) is 0 Å². The zero-order valence-electron chi connectivity index (χ0n) is 16.5. The molecule has 10 heteroatoms. The van der Waals surface area contributed by atoms with Gasteiger partial charge in [0.05, 0.1) is 28.0 Å². The van der Waals surface area contributed by atoms with Gasteiger partial charge in [-0.1, -0.05) is 6.07 Å². The van der Waals surface area contributed by atoms with Gasteiger partial charge >= 0.3 is 0 Å². The number of nitrogens with one attached hydrogen (secondary N) is 2. The van der Waals surface area contributed by atoms with Gasteiger partial charge in [0.2, 0.25) is 0 Å². The maximum atomic E-state index is 13.9. The summed E-state index contributed by atoms with van der Waals surface area (Å²) in [5, 5.41) is 5.61. The Morgan fingerprint density at radius 1 is 1.06 bits per heavy atom. The molecule has 0 bridgehead atoms. The Hall–Kier alpha value is -3.92. The lowest BCUT2D eigenvalue weighted by Crippen LogP contribution is -2.18. The van der Waals surface area contributed by atoms with E-state index in [9.17, 15) is 18.8 Å². The van der Waals surface area contributed by atoms with Gasteiger partial charge in [0.25, 0.3) is 17.4 Å². The number of aromatic nitrogens is 3. The summed E-state index contributed by atoms with van der Waals surface area (Å²) in [7, 11) is 1.58. The summed E-state index contributed by atoms with van der Waals surface area (Å²) in [6.07, 6.45) is 2.87. The predicted octanol–water partition coefficient (Wildman–Crippen LogP) is 3.34. The van der Waals surface area contributed by atoms with E-state index in [0.29, 0.717) is 15.8 Å². The minimum atomic E-state index is -0.588. The average molecular weight is 437 g/mol. The molecule has 0 aliphatic heterocycles. The first-order valence-electron chi connectivity index (χ1n) is 9.13. The quantitative estimate of drug-likeness (QED) is 0.509. The number of carbonyl (C=O) groups excluding carboxylic acids is 2. The highest BCUT2D eigenvalue weighted by atomic mass is 32.1. The summed E-state index contributed by atoms with van der Waals surface area (Å²) in [6, 6.07) is 8.49. The summed E-state index contributed by atoms with van der Waals surface area (Å²) in [4.78, 5) is 46.6. The molecule has 4 aromatic rings. The molecule has 0 saturated carbocycles. The first-order chi connectivity index (χ1) is 14.8. The van der Waals surface area contributed by atoms with Crippen LogP contribution in [0.5, 0.6) is 0 Å². The van der Waals surface area contributed by atoms with Gasteiger partial charge in [-0.2, -0.15) is 0 Å². The fourth-order valence-electron chi connectivity index (χ4n) is 3.02. The molecule has 0 unspecified atom stereocenters. The first-order valence-corrected chi connectivity index (χ1v) is 9.95. The fourth-order valence-corrected chi connectivity index (χ4v) is 4.05. The Balaban J connectivity index is 1.66. The van der Waals surface area contributed by atoms with E-state index in [2.05, 4.69) is 20.6 Å². The Kier molecular flexibility index (Phi) is 5.30. The van der Waals surface area contributed by atoms with E-state index in [-0.39, 0.29) is 27.5 Å². The van der Waals surface area contributed by atoms with Crippen LogP contribution in [0.15, 0.2) is 53.7 Å². The molecule has 0 aliphatic carbocycles. The van der Waals surface area contributed by atoms with Crippen molar-refractivity contribution in [2.45, 2.75) is 6.92 Å². The molecule has 2 amide bonds. The number of hydrogen-bond acceptors (Lipinski definition) is 6. The lowest BCUT2D eigenvalue weighted by molar-refractivity contribution is 0.101. The molecule has 31 heavy (non-hydrogen) atoms. The molecule has 2 N–H and O–H groups in total. The Morgan fingerprint density at radius 2 is 1.84 bits per heavy atom. The number of rotatable bonds is 4. The van der Waals surface area contributed by atoms with Gasteiger partial charge in [-0.05, 0) is 42.8 Å². The number of hydrogen-bond donors (Lipinski definition) is 2. The SMILES string of the molecule is Cc1c(C(=O)Nc2cc(F)ccc2NC(=O)c2ccccn2)sc2ncn(C)c(=O)c12. The van der Waals surface area contributed by atoms with Crippen LogP contribution in [-0.2, 0) is 7.05 Å². The van der Waals surface area contributed by atoms with Crippen molar-refractivity contribution < 1.29 is 14.0 Å². The van der Waals surface area contributed by atoms with Gasteiger partial charge in [0, 0.05) is 13.2 Å². The van der Waals surface area contributed by atoms with Crippen LogP contribution in [0.3, 0.4) is 0 Å². The predicted molar refractivity (Wildman–Crippen MR) is 116 cm³/mol. The van der Waals surface area contributed by atoms with E-state index in [1.54, 1.807) is 26.1 Å². The highest BCUT2D eigenvalue weighted by molar-refractivity contribution is 7.20. The lowest BCUT2D eigenvalue weighted by Gasteiger charge is -2.12. The third kappa shape index (κ3) is 3.92.